The molecule has 1 fully saturated rings. The Morgan fingerprint density at radius 1 is 1.03 bits per heavy atom. The summed E-state index contributed by atoms with van der Waals surface area (Å²) in [6, 6.07) is 16.3. The summed E-state index contributed by atoms with van der Waals surface area (Å²) in [7, 11) is 0. The first-order valence-electron chi connectivity index (χ1n) is 12.5. The third-order valence-corrected chi connectivity index (χ3v) is 6.73. The van der Waals surface area contributed by atoms with Crippen molar-refractivity contribution in [3.63, 3.8) is 0 Å². The number of H-pyrrole nitrogens is 1. The van der Waals surface area contributed by atoms with Gasteiger partial charge in [-0.2, -0.15) is 10.3 Å². The van der Waals surface area contributed by atoms with Gasteiger partial charge in [-0.1, -0.05) is 80.8 Å². The maximum atomic E-state index is 13.3. The summed E-state index contributed by atoms with van der Waals surface area (Å²) >= 11 is 0. The van der Waals surface area contributed by atoms with E-state index >= 15 is 0 Å². The molecule has 8 heteroatoms. The van der Waals surface area contributed by atoms with Gasteiger partial charge >= 0.3 is 5.69 Å². The maximum absolute atomic E-state index is 13.3. The highest BCUT2D eigenvalue weighted by atomic mass is 16.2. The van der Waals surface area contributed by atoms with Gasteiger partial charge in [0, 0.05) is 12.1 Å². The van der Waals surface area contributed by atoms with E-state index in [1.165, 1.54) is 32.1 Å². The van der Waals surface area contributed by atoms with Crippen LogP contribution in [0.4, 0.5) is 0 Å². The third kappa shape index (κ3) is 5.16. The average molecular weight is 470 g/mol. The maximum Gasteiger partial charge on any atom is 0.346 e. The van der Waals surface area contributed by atoms with Crippen molar-refractivity contribution in [2.45, 2.75) is 58.5 Å². The van der Waals surface area contributed by atoms with Gasteiger partial charge < -0.3 is 0 Å². The fourth-order valence-electron chi connectivity index (χ4n) is 4.86. The Hall–Kier alpha value is -3.81. The van der Waals surface area contributed by atoms with Crippen molar-refractivity contribution >= 4 is 6.08 Å². The predicted molar refractivity (Wildman–Crippen MR) is 137 cm³/mol. The highest BCUT2D eigenvalue weighted by molar-refractivity contribution is 5.80. The molecule has 0 bridgehead atoms. The molecule has 35 heavy (non-hydrogen) atoms. The van der Waals surface area contributed by atoms with Gasteiger partial charge in [0.2, 0.25) is 5.82 Å². The van der Waals surface area contributed by atoms with E-state index in [1.807, 2.05) is 30.3 Å². The molecule has 0 radical (unpaired) electrons. The summed E-state index contributed by atoms with van der Waals surface area (Å²) < 4.78 is 3.47. The van der Waals surface area contributed by atoms with E-state index < -0.39 is 0 Å². The van der Waals surface area contributed by atoms with Crippen LogP contribution in [-0.4, -0.2) is 35.0 Å². The lowest BCUT2D eigenvalue weighted by Crippen LogP contribution is -2.28. The van der Waals surface area contributed by atoms with Gasteiger partial charge in [-0.3, -0.25) is 4.57 Å². The van der Waals surface area contributed by atoms with E-state index in [1.54, 1.807) is 9.25 Å². The Morgan fingerprint density at radius 2 is 1.80 bits per heavy atom. The van der Waals surface area contributed by atoms with E-state index in [0.29, 0.717) is 24.8 Å². The molecule has 0 amide bonds. The Labute approximate surface area is 204 Å². The summed E-state index contributed by atoms with van der Waals surface area (Å²) in [5.74, 6) is 1.83. The first-order valence-corrected chi connectivity index (χ1v) is 12.5. The van der Waals surface area contributed by atoms with Crippen LogP contribution in [0.15, 0.2) is 59.4 Å². The Bertz CT molecular complexity index is 1330. The van der Waals surface area contributed by atoms with Crippen molar-refractivity contribution < 1.29 is 0 Å². The molecular weight excluding hydrogens is 438 g/mol. The number of hydrogen-bond donors (Lipinski definition) is 1. The summed E-state index contributed by atoms with van der Waals surface area (Å²) in [4.78, 5) is 13.3. The van der Waals surface area contributed by atoms with E-state index in [0.717, 1.165) is 34.5 Å². The summed E-state index contributed by atoms with van der Waals surface area (Å²) in [6.45, 7) is 3.29. The van der Waals surface area contributed by atoms with Crippen molar-refractivity contribution in [3.05, 3.63) is 76.5 Å². The molecule has 4 aromatic rings. The fourth-order valence-corrected chi connectivity index (χ4v) is 4.86. The molecule has 180 valence electrons. The van der Waals surface area contributed by atoms with Crippen LogP contribution in [0.1, 0.15) is 56.8 Å². The highest BCUT2D eigenvalue weighted by Gasteiger charge is 2.19. The van der Waals surface area contributed by atoms with Gasteiger partial charge in [0.25, 0.3) is 0 Å². The lowest BCUT2D eigenvalue weighted by Gasteiger charge is -2.20. The van der Waals surface area contributed by atoms with E-state index in [9.17, 15) is 4.79 Å². The number of rotatable bonds is 8. The first kappa shape index (κ1) is 23.0. The van der Waals surface area contributed by atoms with Gasteiger partial charge in [0.1, 0.15) is 0 Å². The molecule has 0 aliphatic heterocycles. The van der Waals surface area contributed by atoms with E-state index in [2.05, 4.69) is 57.9 Å². The summed E-state index contributed by atoms with van der Waals surface area (Å²) in [6.07, 6.45) is 11.1. The average Bonchev–Trinajstić information content (AvgIpc) is 3.54. The molecule has 1 saturated carbocycles. The zero-order chi connectivity index (χ0) is 24.0. The molecule has 0 spiro atoms. The third-order valence-electron chi connectivity index (χ3n) is 6.73. The second-order valence-electron chi connectivity index (χ2n) is 9.20. The van der Waals surface area contributed by atoms with Crippen molar-refractivity contribution in [2.24, 2.45) is 5.92 Å². The number of nitrogens with one attached hydrogen (secondary N) is 1. The monoisotopic (exact) mass is 469 g/mol. The minimum absolute atomic E-state index is 0.0298. The number of aromatic amines is 1. The quantitative estimate of drug-likeness (QED) is 0.394. The van der Waals surface area contributed by atoms with Gasteiger partial charge in [-0.05, 0) is 53.2 Å². The molecule has 0 unspecified atom stereocenters. The smallest absolute Gasteiger partial charge is 0.271 e. The minimum Gasteiger partial charge on any atom is -0.271 e. The van der Waals surface area contributed by atoms with Crippen molar-refractivity contribution in [1.82, 2.24) is 35.0 Å². The van der Waals surface area contributed by atoms with Gasteiger partial charge in [-0.25, -0.2) is 9.48 Å². The predicted octanol–water partition coefficient (Wildman–Crippen LogP) is 4.94. The number of benzene rings is 2. The fraction of sp³-hybridized carbons (Fsp3) is 0.370. The van der Waals surface area contributed by atoms with Crippen LogP contribution in [0.25, 0.3) is 28.6 Å². The molecule has 2 aromatic heterocycles. The lowest BCUT2D eigenvalue weighted by molar-refractivity contribution is 0.303. The highest BCUT2D eigenvalue weighted by Crippen LogP contribution is 2.30. The second-order valence-corrected chi connectivity index (χ2v) is 9.20. The molecule has 1 aliphatic carbocycles. The SMILES string of the molecule is CC/C=C/c1nn(CC2CCCCC2)c(=O)n1Cc1ccc(-c2ccccc2-c2nn[nH]n2)cc1. The minimum atomic E-state index is -0.0298. The van der Waals surface area contributed by atoms with Crippen LogP contribution in [0.3, 0.4) is 0 Å². The van der Waals surface area contributed by atoms with Crippen LogP contribution in [0.5, 0.6) is 0 Å². The Balaban J connectivity index is 1.40. The molecule has 1 N–H and O–H groups in total. The van der Waals surface area contributed by atoms with Crippen LogP contribution >= 0.6 is 0 Å². The van der Waals surface area contributed by atoms with Gasteiger partial charge in [-0.15, -0.1) is 10.2 Å². The largest absolute Gasteiger partial charge is 0.346 e. The standard InChI is InChI=1S/C27H31N7O/c1-2-3-13-25-30-34(19-20-9-5-4-6-10-20)27(35)33(25)18-21-14-16-22(17-15-21)23-11-7-8-12-24(23)26-28-31-32-29-26/h3,7-8,11-17,20H,2,4-6,9-10,18-19H2,1H3,(H,28,29,31,32)/b13-3+. The molecular formula is C27H31N7O. The summed E-state index contributed by atoms with van der Waals surface area (Å²) in [5, 5.41) is 19.2. The van der Waals surface area contributed by atoms with E-state index in [4.69, 9.17) is 5.10 Å². The van der Waals surface area contributed by atoms with Gasteiger partial charge in [0.15, 0.2) is 5.82 Å². The van der Waals surface area contributed by atoms with Gasteiger partial charge in [0.05, 0.1) is 6.54 Å². The Morgan fingerprint density at radius 3 is 2.51 bits per heavy atom. The van der Waals surface area contributed by atoms with E-state index in [-0.39, 0.29) is 5.69 Å². The number of aromatic nitrogens is 7. The molecule has 5 rings (SSSR count). The van der Waals surface area contributed by atoms with Crippen LogP contribution in [-0.2, 0) is 13.1 Å². The molecule has 0 atom stereocenters. The second kappa shape index (κ2) is 10.6. The first-order chi connectivity index (χ1) is 17.2. The summed E-state index contributed by atoms with van der Waals surface area (Å²) in [5.41, 5.74) is 4.03. The number of nitrogens with zero attached hydrogens (tertiary/aromatic N) is 6. The number of allylic oxidation sites excluding steroid dienone is 1. The lowest BCUT2D eigenvalue weighted by atomic mass is 9.89. The molecule has 0 saturated heterocycles. The topological polar surface area (TPSA) is 94.3 Å². The number of hydrogen-bond acceptors (Lipinski definition) is 5. The van der Waals surface area contributed by atoms with Crippen LogP contribution < -0.4 is 5.69 Å². The molecule has 8 nitrogen and oxygen atoms in total. The van der Waals surface area contributed by atoms with Crippen molar-refractivity contribution in [2.75, 3.05) is 0 Å². The number of tetrazole rings is 1. The zero-order valence-electron chi connectivity index (χ0n) is 20.1. The zero-order valence-corrected chi connectivity index (χ0v) is 20.1. The van der Waals surface area contributed by atoms with Crippen molar-refractivity contribution in [1.29, 1.82) is 0 Å². The molecule has 2 heterocycles. The normalized spacial score (nSPS) is 14.7. The molecule has 2 aromatic carbocycles. The van der Waals surface area contributed by atoms with Crippen LogP contribution in [0.2, 0.25) is 0 Å². The molecule has 1 aliphatic rings. The van der Waals surface area contributed by atoms with Crippen LogP contribution in [0, 0.1) is 5.92 Å². The Kier molecular flexibility index (Phi) is 6.97. The van der Waals surface area contributed by atoms with Crippen molar-refractivity contribution in [3.8, 4) is 22.5 Å².